The van der Waals surface area contributed by atoms with Crippen LogP contribution in [-0.4, -0.2) is 12.6 Å². The maximum atomic E-state index is 13.5. The van der Waals surface area contributed by atoms with E-state index in [1.54, 1.807) is 0 Å². The standard InChI is InChI=1S/C16H24FNO/c1-2-12-3-5-15(6-4-12)19-16-10-13(7-8-18)9-14(17)11-16/h9-12,15H,2-8,18H2,1H3. The van der Waals surface area contributed by atoms with Crippen LogP contribution in [0.15, 0.2) is 18.2 Å². The lowest BCUT2D eigenvalue weighted by Crippen LogP contribution is -2.24. The molecule has 3 heteroatoms. The molecule has 2 N–H and O–H groups in total. The topological polar surface area (TPSA) is 35.2 Å². The first kappa shape index (κ1) is 14.3. The van der Waals surface area contributed by atoms with Crippen molar-refractivity contribution in [1.29, 1.82) is 0 Å². The van der Waals surface area contributed by atoms with Crippen LogP contribution in [-0.2, 0) is 6.42 Å². The highest BCUT2D eigenvalue weighted by Crippen LogP contribution is 2.29. The second kappa shape index (κ2) is 6.90. The van der Waals surface area contributed by atoms with Crippen molar-refractivity contribution in [3.05, 3.63) is 29.6 Å². The number of halogens is 1. The van der Waals surface area contributed by atoms with Crippen molar-refractivity contribution in [2.75, 3.05) is 6.54 Å². The molecule has 0 spiro atoms. The summed E-state index contributed by atoms with van der Waals surface area (Å²) in [5.41, 5.74) is 6.43. The van der Waals surface area contributed by atoms with E-state index in [2.05, 4.69) is 6.92 Å². The van der Waals surface area contributed by atoms with E-state index >= 15 is 0 Å². The van der Waals surface area contributed by atoms with Crippen molar-refractivity contribution in [2.24, 2.45) is 11.7 Å². The summed E-state index contributed by atoms with van der Waals surface area (Å²) in [5, 5.41) is 0. The predicted molar refractivity (Wildman–Crippen MR) is 75.8 cm³/mol. The smallest absolute Gasteiger partial charge is 0.127 e. The van der Waals surface area contributed by atoms with Crippen LogP contribution in [0, 0.1) is 11.7 Å². The minimum Gasteiger partial charge on any atom is -0.490 e. The van der Waals surface area contributed by atoms with Crippen molar-refractivity contribution < 1.29 is 9.13 Å². The first-order chi connectivity index (χ1) is 9.21. The van der Waals surface area contributed by atoms with Crippen LogP contribution >= 0.6 is 0 Å². The van der Waals surface area contributed by atoms with E-state index in [9.17, 15) is 4.39 Å². The van der Waals surface area contributed by atoms with E-state index in [1.165, 1.54) is 31.4 Å². The first-order valence-electron chi connectivity index (χ1n) is 7.37. The molecule has 0 radical (unpaired) electrons. The van der Waals surface area contributed by atoms with Gasteiger partial charge in [0.2, 0.25) is 0 Å². The van der Waals surface area contributed by atoms with Gasteiger partial charge < -0.3 is 10.5 Å². The quantitative estimate of drug-likeness (QED) is 0.881. The van der Waals surface area contributed by atoms with Crippen molar-refractivity contribution in [3.8, 4) is 5.75 Å². The molecule has 2 nitrogen and oxygen atoms in total. The van der Waals surface area contributed by atoms with E-state index in [0.29, 0.717) is 18.7 Å². The van der Waals surface area contributed by atoms with Crippen LogP contribution in [0.4, 0.5) is 4.39 Å². The zero-order valence-corrected chi connectivity index (χ0v) is 11.7. The molecule has 1 saturated carbocycles. The molecule has 19 heavy (non-hydrogen) atoms. The highest BCUT2D eigenvalue weighted by Gasteiger charge is 2.21. The van der Waals surface area contributed by atoms with E-state index in [0.717, 1.165) is 24.3 Å². The van der Waals surface area contributed by atoms with Crippen LogP contribution in [0.3, 0.4) is 0 Å². The number of hydrogen-bond acceptors (Lipinski definition) is 2. The van der Waals surface area contributed by atoms with Gasteiger partial charge in [-0.1, -0.05) is 13.3 Å². The zero-order chi connectivity index (χ0) is 13.7. The van der Waals surface area contributed by atoms with Gasteiger partial charge in [0, 0.05) is 6.07 Å². The number of ether oxygens (including phenoxy) is 1. The minimum atomic E-state index is -0.233. The molecule has 0 aromatic heterocycles. The van der Waals surface area contributed by atoms with Gasteiger partial charge in [-0.3, -0.25) is 0 Å². The lowest BCUT2D eigenvalue weighted by molar-refractivity contribution is 0.129. The first-order valence-corrected chi connectivity index (χ1v) is 7.37. The molecule has 0 amide bonds. The summed E-state index contributed by atoms with van der Waals surface area (Å²) in [5.74, 6) is 1.27. The van der Waals surface area contributed by atoms with Crippen LogP contribution in [0.1, 0.15) is 44.6 Å². The Morgan fingerprint density at radius 3 is 2.58 bits per heavy atom. The minimum absolute atomic E-state index is 0.233. The summed E-state index contributed by atoms with van der Waals surface area (Å²) in [6.45, 7) is 2.78. The predicted octanol–water partition coefficient (Wildman–Crippen LogP) is 3.67. The summed E-state index contributed by atoms with van der Waals surface area (Å²) in [6, 6.07) is 4.93. The Bertz CT molecular complexity index is 400. The van der Waals surface area contributed by atoms with E-state index in [4.69, 9.17) is 10.5 Å². The Kier molecular flexibility index (Phi) is 5.20. The molecular formula is C16H24FNO. The van der Waals surface area contributed by atoms with Crippen LogP contribution in [0.2, 0.25) is 0 Å². The lowest BCUT2D eigenvalue weighted by Gasteiger charge is -2.28. The second-order valence-electron chi connectivity index (χ2n) is 5.50. The van der Waals surface area contributed by atoms with Gasteiger partial charge >= 0.3 is 0 Å². The Balaban J connectivity index is 1.95. The maximum Gasteiger partial charge on any atom is 0.127 e. The Labute approximate surface area is 115 Å². The van der Waals surface area contributed by atoms with Crippen molar-refractivity contribution in [2.45, 2.75) is 51.6 Å². The average Bonchev–Trinajstić information content (AvgIpc) is 2.39. The fraction of sp³-hybridized carbons (Fsp3) is 0.625. The lowest BCUT2D eigenvalue weighted by atomic mass is 9.86. The summed E-state index contributed by atoms with van der Waals surface area (Å²) in [4.78, 5) is 0. The molecule has 1 aromatic carbocycles. The van der Waals surface area contributed by atoms with E-state index < -0.39 is 0 Å². The van der Waals surface area contributed by atoms with Gasteiger partial charge in [-0.25, -0.2) is 4.39 Å². The van der Waals surface area contributed by atoms with Gasteiger partial charge in [0.25, 0.3) is 0 Å². The number of benzene rings is 1. The Morgan fingerprint density at radius 2 is 1.95 bits per heavy atom. The third-order valence-corrected chi connectivity index (χ3v) is 4.04. The normalized spacial score (nSPS) is 23.3. The van der Waals surface area contributed by atoms with Crippen LogP contribution in [0.5, 0.6) is 5.75 Å². The molecule has 0 saturated heterocycles. The van der Waals surface area contributed by atoms with E-state index in [-0.39, 0.29) is 11.9 Å². The second-order valence-corrected chi connectivity index (χ2v) is 5.50. The van der Waals surface area contributed by atoms with Gasteiger partial charge in [-0.2, -0.15) is 0 Å². The monoisotopic (exact) mass is 265 g/mol. The summed E-state index contributed by atoms with van der Waals surface area (Å²) in [6.07, 6.45) is 6.82. The SMILES string of the molecule is CCC1CCC(Oc2cc(F)cc(CCN)c2)CC1. The van der Waals surface area contributed by atoms with Crippen LogP contribution < -0.4 is 10.5 Å². The van der Waals surface area contributed by atoms with Gasteiger partial charge in [0.05, 0.1) is 6.10 Å². The van der Waals surface area contributed by atoms with Crippen molar-refractivity contribution >= 4 is 0 Å². The maximum absolute atomic E-state index is 13.5. The third-order valence-electron chi connectivity index (χ3n) is 4.04. The zero-order valence-electron chi connectivity index (χ0n) is 11.7. The molecule has 0 atom stereocenters. The van der Waals surface area contributed by atoms with Crippen LogP contribution in [0.25, 0.3) is 0 Å². The molecule has 106 valence electrons. The molecular weight excluding hydrogens is 241 g/mol. The molecule has 0 heterocycles. The molecule has 1 fully saturated rings. The average molecular weight is 265 g/mol. The number of nitrogens with two attached hydrogens (primary N) is 1. The molecule has 0 bridgehead atoms. The summed E-state index contributed by atoms with van der Waals surface area (Å²) < 4.78 is 19.4. The molecule has 1 aliphatic rings. The summed E-state index contributed by atoms with van der Waals surface area (Å²) >= 11 is 0. The molecule has 1 aromatic rings. The summed E-state index contributed by atoms with van der Waals surface area (Å²) in [7, 11) is 0. The highest BCUT2D eigenvalue weighted by molar-refractivity contribution is 5.30. The van der Waals surface area contributed by atoms with Crippen molar-refractivity contribution in [3.63, 3.8) is 0 Å². The Morgan fingerprint density at radius 1 is 1.21 bits per heavy atom. The Hall–Kier alpha value is -1.09. The molecule has 0 unspecified atom stereocenters. The highest BCUT2D eigenvalue weighted by atomic mass is 19.1. The van der Waals surface area contributed by atoms with E-state index in [1.807, 2.05) is 6.07 Å². The number of rotatable bonds is 5. The molecule has 0 aliphatic heterocycles. The molecule has 1 aliphatic carbocycles. The largest absolute Gasteiger partial charge is 0.490 e. The number of hydrogen-bond donors (Lipinski definition) is 1. The fourth-order valence-electron chi connectivity index (χ4n) is 2.85. The molecule has 2 rings (SSSR count). The van der Waals surface area contributed by atoms with Gasteiger partial charge in [-0.15, -0.1) is 0 Å². The fourth-order valence-corrected chi connectivity index (χ4v) is 2.85. The third kappa shape index (κ3) is 4.20. The van der Waals surface area contributed by atoms with Gasteiger partial charge in [0.1, 0.15) is 11.6 Å². The van der Waals surface area contributed by atoms with Gasteiger partial charge in [0.15, 0.2) is 0 Å². The van der Waals surface area contributed by atoms with Gasteiger partial charge in [-0.05, 0) is 62.3 Å². The van der Waals surface area contributed by atoms with Crippen molar-refractivity contribution in [1.82, 2.24) is 0 Å².